The van der Waals surface area contributed by atoms with Crippen LogP contribution in [-0.2, 0) is 6.42 Å². The molecule has 3 heteroatoms. The molecule has 106 valence electrons. The van der Waals surface area contributed by atoms with Crippen LogP contribution in [0.1, 0.15) is 15.9 Å². The minimum atomic E-state index is -0.192. The molecular formula is C19H14N2O. The number of fused-ring (bicyclic) bond motifs is 1. The minimum absolute atomic E-state index is 0.192. The zero-order valence-electron chi connectivity index (χ0n) is 11.9. The number of amides is 1. The third-order valence-corrected chi connectivity index (χ3v) is 3.57. The van der Waals surface area contributed by atoms with Gasteiger partial charge in [-0.25, -0.2) is 0 Å². The summed E-state index contributed by atoms with van der Waals surface area (Å²) in [6, 6.07) is 23.0. The lowest BCUT2D eigenvalue weighted by Gasteiger charge is -2.10. The second-order valence-electron chi connectivity index (χ2n) is 4.97. The first-order valence-corrected chi connectivity index (χ1v) is 7.03. The lowest BCUT2D eigenvalue weighted by molar-refractivity contribution is 0.102. The molecule has 0 spiro atoms. The summed E-state index contributed by atoms with van der Waals surface area (Å²) < 4.78 is 0. The summed E-state index contributed by atoms with van der Waals surface area (Å²) in [5.41, 5.74) is 2.05. The molecule has 1 N–H and O–H groups in total. The molecule has 0 aliphatic carbocycles. The smallest absolute Gasteiger partial charge is 0.255 e. The van der Waals surface area contributed by atoms with Crippen LogP contribution in [-0.4, -0.2) is 5.91 Å². The molecule has 0 fully saturated rings. The van der Waals surface area contributed by atoms with Crippen molar-refractivity contribution in [2.75, 3.05) is 5.32 Å². The molecule has 0 aliphatic rings. The van der Waals surface area contributed by atoms with Crippen molar-refractivity contribution in [1.29, 1.82) is 5.26 Å². The van der Waals surface area contributed by atoms with E-state index in [0.717, 1.165) is 22.0 Å². The molecule has 0 saturated carbocycles. The van der Waals surface area contributed by atoms with E-state index in [1.165, 1.54) is 0 Å². The first-order chi connectivity index (χ1) is 10.8. The number of hydrogen-bond donors (Lipinski definition) is 1. The molecular weight excluding hydrogens is 272 g/mol. The van der Waals surface area contributed by atoms with Crippen molar-refractivity contribution in [2.45, 2.75) is 6.42 Å². The summed E-state index contributed by atoms with van der Waals surface area (Å²) in [7, 11) is 0. The fraction of sp³-hybridized carbons (Fsp3) is 0.0526. The molecule has 3 aromatic carbocycles. The van der Waals surface area contributed by atoms with E-state index < -0.39 is 0 Å². The maximum absolute atomic E-state index is 12.5. The molecule has 0 atom stereocenters. The Morgan fingerprint density at radius 2 is 1.68 bits per heavy atom. The molecule has 0 aliphatic heterocycles. The topological polar surface area (TPSA) is 52.9 Å². The lowest BCUT2D eigenvalue weighted by atomic mass is 10.0. The van der Waals surface area contributed by atoms with Gasteiger partial charge < -0.3 is 5.32 Å². The molecule has 3 rings (SSSR count). The van der Waals surface area contributed by atoms with Crippen molar-refractivity contribution in [2.24, 2.45) is 0 Å². The van der Waals surface area contributed by atoms with Crippen LogP contribution in [0.4, 0.5) is 5.69 Å². The highest BCUT2D eigenvalue weighted by atomic mass is 16.1. The van der Waals surface area contributed by atoms with Crippen LogP contribution in [0.25, 0.3) is 10.8 Å². The normalized spacial score (nSPS) is 10.1. The monoisotopic (exact) mass is 286 g/mol. The molecule has 0 bridgehead atoms. The number of rotatable bonds is 3. The Morgan fingerprint density at radius 3 is 2.55 bits per heavy atom. The molecule has 0 aromatic heterocycles. The van der Waals surface area contributed by atoms with Gasteiger partial charge in [0.2, 0.25) is 0 Å². The average molecular weight is 286 g/mol. The second-order valence-corrected chi connectivity index (χ2v) is 4.97. The number of nitrogens with zero attached hydrogens (tertiary/aromatic N) is 1. The average Bonchev–Trinajstić information content (AvgIpc) is 2.56. The van der Waals surface area contributed by atoms with Gasteiger partial charge in [0.05, 0.1) is 12.5 Å². The summed E-state index contributed by atoms with van der Waals surface area (Å²) in [6.45, 7) is 0. The molecule has 0 saturated heterocycles. The van der Waals surface area contributed by atoms with Crippen LogP contribution in [0.15, 0.2) is 66.7 Å². The molecule has 0 heterocycles. The van der Waals surface area contributed by atoms with E-state index in [-0.39, 0.29) is 12.3 Å². The van der Waals surface area contributed by atoms with Crippen LogP contribution in [0.5, 0.6) is 0 Å². The van der Waals surface area contributed by atoms with E-state index in [4.69, 9.17) is 5.26 Å². The Morgan fingerprint density at radius 1 is 0.955 bits per heavy atom. The van der Waals surface area contributed by atoms with E-state index in [1.54, 1.807) is 18.2 Å². The van der Waals surface area contributed by atoms with Gasteiger partial charge in [0.15, 0.2) is 0 Å². The zero-order valence-corrected chi connectivity index (χ0v) is 11.9. The highest BCUT2D eigenvalue weighted by Gasteiger charge is 2.12. The molecule has 3 aromatic rings. The molecule has 0 unspecified atom stereocenters. The van der Waals surface area contributed by atoms with Crippen molar-refractivity contribution < 1.29 is 4.79 Å². The maximum Gasteiger partial charge on any atom is 0.255 e. The molecule has 0 radical (unpaired) electrons. The Balaban J connectivity index is 1.96. The van der Waals surface area contributed by atoms with E-state index in [9.17, 15) is 4.79 Å². The number of nitriles is 1. The molecule has 22 heavy (non-hydrogen) atoms. The number of carbonyl (C=O) groups is 1. The molecule has 1 amide bonds. The first kappa shape index (κ1) is 13.8. The van der Waals surface area contributed by atoms with Crippen LogP contribution >= 0.6 is 0 Å². The van der Waals surface area contributed by atoms with Crippen LogP contribution in [0.2, 0.25) is 0 Å². The van der Waals surface area contributed by atoms with E-state index >= 15 is 0 Å². The van der Waals surface area contributed by atoms with Crippen LogP contribution in [0, 0.1) is 11.3 Å². The van der Waals surface area contributed by atoms with Crippen LogP contribution < -0.4 is 5.32 Å². The van der Waals surface area contributed by atoms with Crippen LogP contribution in [0.3, 0.4) is 0 Å². The number of hydrogen-bond acceptors (Lipinski definition) is 2. The van der Waals surface area contributed by atoms with Gasteiger partial charge in [-0.15, -0.1) is 0 Å². The number of benzene rings is 3. The third kappa shape index (κ3) is 2.68. The van der Waals surface area contributed by atoms with Crippen molar-refractivity contribution in [1.82, 2.24) is 0 Å². The summed E-state index contributed by atoms with van der Waals surface area (Å²) in [6.07, 6.45) is 0.221. The lowest BCUT2D eigenvalue weighted by Crippen LogP contribution is -2.14. The summed E-state index contributed by atoms with van der Waals surface area (Å²) >= 11 is 0. The number of anilines is 1. The predicted molar refractivity (Wildman–Crippen MR) is 87.7 cm³/mol. The molecule has 3 nitrogen and oxygen atoms in total. The van der Waals surface area contributed by atoms with Crippen molar-refractivity contribution in [3.63, 3.8) is 0 Å². The largest absolute Gasteiger partial charge is 0.321 e. The summed E-state index contributed by atoms with van der Waals surface area (Å²) in [4.78, 5) is 12.5. The second kappa shape index (κ2) is 6.11. The van der Waals surface area contributed by atoms with Gasteiger partial charge in [-0.3, -0.25) is 4.79 Å². The van der Waals surface area contributed by atoms with Gasteiger partial charge in [-0.05, 0) is 23.1 Å². The van der Waals surface area contributed by atoms with Gasteiger partial charge >= 0.3 is 0 Å². The van der Waals surface area contributed by atoms with Crippen molar-refractivity contribution >= 4 is 22.4 Å². The maximum atomic E-state index is 12.5. The van der Waals surface area contributed by atoms with E-state index in [2.05, 4.69) is 11.4 Å². The van der Waals surface area contributed by atoms with E-state index in [1.807, 2.05) is 48.5 Å². The SMILES string of the molecule is N#CCc1ccccc1C(=O)Nc1cccc2ccccc12. The summed E-state index contributed by atoms with van der Waals surface area (Å²) in [5.74, 6) is -0.192. The predicted octanol–water partition coefficient (Wildman–Crippen LogP) is 4.16. The fourth-order valence-corrected chi connectivity index (χ4v) is 2.51. The summed E-state index contributed by atoms with van der Waals surface area (Å²) in [5, 5.41) is 13.9. The highest BCUT2D eigenvalue weighted by Crippen LogP contribution is 2.24. The van der Waals surface area contributed by atoms with Gasteiger partial charge in [-0.2, -0.15) is 5.26 Å². The Labute approximate surface area is 128 Å². The van der Waals surface area contributed by atoms with Gasteiger partial charge in [0, 0.05) is 16.6 Å². The van der Waals surface area contributed by atoms with Crippen molar-refractivity contribution in [3.05, 3.63) is 77.9 Å². The Kier molecular flexibility index (Phi) is 3.84. The first-order valence-electron chi connectivity index (χ1n) is 7.03. The third-order valence-electron chi connectivity index (χ3n) is 3.57. The van der Waals surface area contributed by atoms with Crippen molar-refractivity contribution in [3.8, 4) is 6.07 Å². The highest BCUT2D eigenvalue weighted by molar-refractivity contribution is 6.09. The minimum Gasteiger partial charge on any atom is -0.321 e. The fourth-order valence-electron chi connectivity index (χ4n) is 2.51. The standard InChI is InChI=1S/C19H14N2O/c20-13-12-15-7-2-4-10-17(15)19(22)21-18-11-5-8-14-6-1-3-9-16(14)18/h1-11H,12H2,(H,21,22). The van der Waals surface area contributed by atoms with Gasteiger partial charge in [0.1, 0.15) is 0 Å². The zero-order chi connectivity index (χ0) is 15.4. The number of nitrogens with one attached hydrogen (secondary N) is 1. The van der Waals surface area contributed by atoms with E-state index in [0.29, 0.717) is 5.56 Å². The Hall–Kier alpha value is -3.12. The number of carbonyl (C=O) groups excluding carboxylic acids is 1. The quantitative estimate of drug-likeness (QED) is 0.786. The Bertz CT molecular complexity index is 872. The van der Waals surface area contributed by atoms with Gasteiger partial charge in [0.25, 0.3) is 5.91 Å². The van der Waals surface area contributed by atoms with Gasteiger partial charge in [-0.1, -0.05) is 54.6 Å².